The lowest BCUT2D eigenvalue weighted by molar-refractivity contribution is 0.0708. The third-order valence-corrected chi connectivity index (χ3v) is 6.24. The molecule has 1 atom stereocenters. The summed E-state index contributed by atoms with van der Waals surface area (Å²) in [6.45, 7) is 2.40. The van der Waals surface area contributed by atoms with Crippen LogP contribution in [0.25, 0.3) is 11.1 Å². The molecule has 0 bridgehead atoms. The molecular formula is C19H21NO3S. The molecule has 1 fully saturated rings. The van der Waals surface area contributed by atoms with Crippen LogP contribution >= 0.6 is 0 Å². The SMILES string of the molecule is CCN(C(=O)c1ccc(-c2ccccc2)cc1)[C@@H]1CCS(=O)(=O)C1. The van der Waals surface area contributed by atoms with Crippen molar-refractivity contribution in [3.63, 3.8) is 0 Å². The number of amides is 1. The maximum absolute atomic E-state index is 12.8. The van der Waals surface area contributed by atoms with Crippen LogP contribution in [-0.4, -0.2) is 43.3 Å². The second-order valence-corrected chi connectivity index (χ2v) is 8.32. The Bertz CT molecular complexity index is 813. The third kappa shape index (κ3) is 3.51. The molecule has 3 rings (SSSR count). The Morgan fingerprint density at radius 2 is 1.67 bits per heavy atom. The number of hydrogen-bond donors (Lipinski definition) is 0. The van der Waals surface area contributed by atoms with Gasteiger partial charge in [0, 0.05) is 18.2 Å². The van der Waals surface area contributed by atoms with Crippen molar-refractivity contribution < 1.29 is 13.2 Å². The molecule has 0 N–H and O–H groups in total. The van der Waals surface area contributed by atoms with Crippen LogP contribution in [-0.2, 0) is 9.84 Å². The minimum Gasteiger partial charge on any atom is -0.335 e. The lowest BCUT2D eigenvalue weighted by Crippen LogP contribution is -2.40. The molecule has 4 nitrogen and oxygen atoms in total. The summed E-state index contributed by atoms with van der Waals surface area (Å²) in [6, 6.07) is 17.3. The number of carbonyl (C=O) groups excluding carboxylic acids is 1. The predicted octanol–water partition coefficient (Wildman–Crippen LogP) is 3.00. The highest BCUT2D eigenvalue weighted by Gasteiger charge is 2.34. The van der Waals surface area contributed by atoms with Crippen LogP contribution in [0.4, 0.5) is 0 Å². The maximum atomic E-state index is 12.8. The van der Waals surface area contributed by atoms with Crippen LogP contribution in [0.15, 0.2) is 54.6 Å². The lowest BCUT2D eigenvalue weighted by atomic mass is 10.0. The van der Waals surface area contributed by atoms with Crippen molar-refractivity contribution in [2.24, 2.45) is 0 Å². The quantitative estimate of drug-likeness (QED) is 0.857. The smallest absolute Gasteiger partial charge is 0.254 e. The molecular weight excluding hydrogens is 322 g/mol. The standard InChI is InChI=1S/C19H21NO3S/c1-2-20(18-12-13-24(22,23)14-18)19(21)17-10-8-16(9-11-17)15-6-4-3-5-7-15/h3-11,18H,2,12-14H2,1H3/t18-/m1/s1. The van der Waals surface area contributed by atoms with Crippen molar-refractivity contribution in [3.8, 4) is 11.1 Å². The molecule has 0 aliphatic carbocycles. The Balaban J connectivity index is 1.79. The normalized spacial score (nSPS) is 19.1. The first-order valence-corrected chi connectivity index (χ1v) is 9.99. The summed E-state index contributed by atoms with van der Waals surface area (Å²) in [7, 11) is -3.00. The Morgan fingerprint density at radius 3 is 2.21 bits per heavy atom. The summed E-state index contributed by atoms with van der Waals surface area (Å²) in [5.74, 6) is 0.155. The van der Waals surface area contributed by atoms with E-state index in [0.29, 0.717) is 18.5 Å². The zero-order chi connectivity index (χ0) is 17.2. The molecule has 1 saturated heterocycles. The van der Waals surface area contributed by atoms with Gasteiger partial charge in [-0.1, -0.05) is 42.5 Å². The number of sulfone groups is 1. The molecule has 1 amide bonds. The van der Waals surface area contributed by atoms with E-state index in [1.807, 2.05) is 61.5 Å². The van der Waals surface area contributed by atoms with E-state index in [1.54, 1.807) is 4.90 Å². The molecule has 24 heavy (non-hydrogen) atoms. The Labute approximate surface area is 143 Å². The fraction of sp³-hybridized carbons (Fsp3) is 0.316. The first-order chi connectivity index (χ1) is 11.5. The van der Waals surface area contributed by atoms with Crippen molar-refractivity contribution in [1.82, 2.24) is 4.90 Å². The molecule has 0 aromatic heterocycles. The molecule has 2 aromatic rings. The van der Waals surface area contributed by atoms with Crippen LogP contribution in [0.2, 0.25) is 0 Å². The van der Waals surface area contributed by atoms with Crippen molar-refractivity contribution in [2.45, 2.75) is 19.4 Å². The fourth-order valence-corrected chi connectivity index (χ4v) is 4.92. The molecule has 0 spiro atoms. The highest BCUT2D eigenvalue weighted by Crippen LogP contribution is 2.22. The van der Waals surface area contributed by atoms with Gasteiger partial charge in [0.15, 0.2) is 9.84 Å². The largest absolute Gasteiger partial charge is 0.335 e. The van der Waals surface area contributed by atoms with E-state index >= 15 is 0 Å². The van der Waals surface area contributed by atoms with Crippen LogP contribution in [0.3, 0.4) is 0 Å². The Hall–Kier alpha value is -2.14. The van der Waals surface area contributed by atoms with Crippen LogP contribution in [0.1, 0.15) is 23.7 Å². The number of benzene rings is 2. The number of rotatable bonds is 4. The number of nitrogens with zero attached hydrogens (tertiary/aromatic N) is 1. The second-order valence-electron chi connectivity index (χ2n) is 6.09. The topological polar surface area (TPSA) is 54.5 Å². The van der Waals surface area contributed by atoms with Crippen molar-refractivity contribution >= 4 is 15.7 Å². The summed E-state index contributed by atoms with van der Waals surface area (Å²) in [5.41, 5.74) is 2.75. The molecule has 0 radical (unpaired) electrons. The molecule has 0 saturated carbocycles. The lowest BCUT2D eigenvalue weighted by Gasteiger charge is -2.27. The van der Waals surface area contributed by atoms with Gasteiger partial charge in [0.05, 0.1) is 11.5 Å². The number of hydrogen-bond acceptors (Lipinski definition) is 3. The first-order valence-electron chi connectivity index (χ1n) is 8.17. The minimum atomic E-state index is -3.00. The molecule has 126 valence electrons. The summed E-state index contributed by atoms with van der Waals surface area (Å²) in [5, 5.41) is 0. The van der Waals surface area contributed by atoms with Crippen molar-refractivity contribution in [2.75, 3.05) is 18.1 Å². The van der Waals surface area contributed by atoms with Gasteiger partial charge >= 0.3 is 0 Å². The van der Waals surface area contributed by atoms with Gasteiger partial charge in [-0.2, -0.15) is 0 Å². The Morgan fingerprint density at radius 1 is 1.04 bits per heavy atom. The number of carbonyl (C=O) groups is 1. The van der Waals surface area contributed by atoms with Gasteiger partial charge in [0.1, 0.15) is 0 Å². The fourth-order valence-electron chi connectivity index (χ4n) is 3.19. The zero-order valence-corrected chi connectivity index (χ0v) is 14.5. The van der Waals surface area contributed by atoms with E-state index < -0.39 is 9.84 Å². The van der Waals surface area contributed by atoms with Gasteiger partial charge in [-0.25, -0.2) is 8.42 Å². The average molecular weight is 343 g/mol. The summed E-state index contributed by atoms with van der Waals surface area (Å²) >= 11 is 0. The van der Waals surface area contributed by atoms with Gasteiger partial charge < -0.3 is 4.90 Å². The summed E-state index contributed by atoms with van der Waals surface area (Å²) < 4.78 is 23.4. The highest BCUT2D eigenvalue weighted by atomic mass is 32.2. The maximum Gasteiger partial charge on any atom is 0.254 e. The Kier molecular flexibility index (Phi) is 4.71. The first kappa shape index (κ1) is 16.7. The van der Waals surface area contributed by atoms with Gasteiger partial charge in [-0.05, 0) is 36.6 Å². The average Bonchev–Trinajstić information content (AvgIpc) is 2.96. The summed E-state index contributed by atoms with van der Waals surface area (Å²) in [6.07, 6.45) is 0.532. The van der Waals surface area contributed by atoms with Gasteiger partial charge in [-0.15, -0.1) is 0 Å². The van der Waals surface area contributed by atoms with E-state index in [-0.39, 0.29) is 23.5 Å². The molecule has 1 heterocycles. The molecule has 1 aliphatic rings. The molecule has 1 aliphatic heterocycles. The van der Waals surface area contributed by atoms with E-state index in [1.165, 1.54) is 0 Å². The molecule has 2 aromatic carbocycles. The molecule has 0 unspecified atom stereocenters. The summed E-state index contributed by atoms with van der Waals surface area (Å²) in [4.78, 5) is 14.4. The van der Waals surface area contributed by atoms with Gasteiger partial charge in [0.25, 0.3) is 5.91 Å². The van der Waals surface area contributed by atoms with Gasteiger partial charge in [-0.3, -0.25) is 4.79 Å². The monoisotopic (exact) mass is 343 g/mol. The van der Waals surface area contributed by atoms with Gasteiger partial charge in [0.2, 0.25) is 0 Å². The molecule has 5 heteroatoms. The van der Waals surface area contributed by atoms with Crippen molar-refractivity contribution in [3.05, 3.63) is 60.2 Å². The minimum absolute atomic E-state index is 0.0781. The second kappa shape index (κ2) is 6.77. The van der Waals surface area contributed by atoms with E-state index in [2.05, 4.69) is 0 Å². The van der Waals surface area contributed by atoms with Crippen LogP contribution < -0.4 is 0 Å². The highest BCUT2D eigenvalue weighted by molar-refractivity contribution is 7.91. The van der Waals surface area contributed by atoms with E-state index in [9.17, 15) is 13.2 Å². The third-order valence-electron chi connectivity index (χ3n) is 4.49. The van der Waals surface area contributed by atoms with E-state index in [4.69, 9.17) is 0 Å². The zero-order valence-electron chi connectivity index (χ0n) is 13.7. The van der Waals surface area contributed by atoms with Crippen LogP contribution in [0.5, 0.6) is 0 Å². The van der Waals surface area contributed by atoms with Crippen molar-refractivity contribution in [1.29, 1.82) is 0 Å². The van der Waals surface area contributed by atoms with E-state index in [0.717, 1.165) is 11.1 Å². The van der Waals surface area contributed by atoms with Crippen LogP contribution in [0, 0.1) is 0 Å². The predicted molar refractivity (Wildman–Crippen MR) is 95.6 cm³/mol.